The molecule has 0 bridgehead atoms. The lowest BCUT2D eigenvalue weighted by Crippen LogP contribution is -2.28. The van der Waals surface area contributed by atoms with Crippen molar-refractivity contribution in [1.82, 2.24) is 9.88 Å². The molecule has 6 heteroatoms. The largest absolute Gasteiger partial charge is 0.433 e. The van der Waals surface area contributed by atoms with Crippen molar-refractivity contribution in [2.24, 2.45) is 5.92 Å². The molecule has 2 aliphatic rings. The van der Waals surface area contributed by atoms with Crippen molar-refractivity contribution in [2.75, 3.05) is 25.4 Å². The molecule has 2 fully saturated rings. The number of fused-ring (bicyclic) bond motifs is 1. The molecule has 2 nitrogen and oxygen atoms in total. The molecule has 20 heavy (non-hydrogen) atoms. The summed E-state index contributed by atoms with van der Waals surface area (Å²) in [6.07, 6.45) is -2.37. The second-order valence-electron chi connectivity index (χ2n) is 5.78. The van der Waals surface area contributed by atoms with E-state index in [0.717, 1.165) is 44.3 Å². The molecule has 0 spiro atoms. The van der Waals surface area contributed by atoms with Crippen LogP contribution in [-0.2, 0) is 11.6 Å². The summed E-state index contributed by atoms with van der Waals surface area (Å²) >= 11 is 4.20. The first-order chi connectivity index (χ1) is 9.45. The van der Waals surface area contributed by atoms with Gasteiger partial charge in [0.2, 0.25) is 0 Å². The molecule has 1 aliphatic heterocycles. The Hall–Kier alpha value is -0.750. The Bertz CT molecular complexity index is 505. The number of piperidine rings is 1. The predicted octanol–water partition coefficient (Wildman–Crippen LogP) is 2.99. The maximum atomic E-state index is 12.8. The number of thiol groups is 1. The van der Waals surface area contributed by atoms with Gasteiger partial charge in [-0.25, -0.2) is 4.98 Å². The average Bonchev–Trinajstić information content (AvgIpc) is 2.99. The van der Waals surface area contributed by atoms with Crippen LogP contribution in [0.25, 0.3) is 0 Å². The highest BCUT2D eigenvalue weighted by Crippen LogP contribution is 2.58. The lowest BCUT2D eigenvalue weighted by molar-refractivity contribution is -0.141. The summed E-state index contributed by atoms with van der Waals surface area (Å²) < 4.78 is 38.3. The number of nitrogens with zero attached hydrogens (tertiary/aromatic N) is 2. The zero-order valence-electron chi connectivity index (χ0n) is 11.0. The lowest BCUT2D eigenvalue weighted by Gasteiger charge is -2.20. The SMILES string of the molecule is FC(F)(F)c1cccc(C23CC2CN(CCCS)C3)n1. The number of hydrogen-bond donors (Lipinski definition) is 1. The van der Waals surface area contributed by atoms with Crippen LogP contribution in [0.15, 0.2) is 18.2 Å². The van der Waals surface area contributed by atoms with Crippen molar-refractivity contribution < 1.29 is 13.2 Å². The van der Waals surface area contributed by atoms with Crippen LogP contribution >= 0.6 is 12.6 Å². The Labute approximate surface area is 121 Å². The molecule has 2 heterocycles. The smallest absolute Gasteiger partial charge is 0.302 e. The van der Waals surface area contributed by atoms with Gasteiger partial charge in [-0.05, 0) is 43.2 Å². The zero-order valence-corrected chi connectivity index (χ0v) is 11.9. The zero-order chi connectivity index (χ0) is 14.4. The highest BCUT2D eigenvalue weighted by molar-refractivity contribution is 7.80. The minimum absolute atomic E-state index is 0.127. The minimum atomic E-state index is -4.36. The molecule has 110 valence electrons. The van der Waals surface area contributed by atoms with E-state index in [0.29, 0.717) is 11.6 Å². The van der Waals surface area contributed by atoms with Crippen LogP contribution in [0.1, 0.15) is 24.2 Å². The standard InChI is InChI=1S/C14H17F3N2S/c15-14(16,17)12-4-1-3-11(18-12)13-7-10(13)8-19(9-13)5-2-6-20/h1,3-4,10,20H,2,5-9H2. The monoisotopic (exact) mass is 302 g/mol. The summed E-state index contributed by atoms with van der Waals surface area (Å²) in [5.74, 6) is 1.31. The third-order valence-electron chi connectivity index (χ3n) is 4.40. The van der Waals surface area contributed by atoms with Crippen LogP contribution in [0.5, 0.6) is 0 Å². The number of alkyl halides is 3. The van der Waals surface area contributed by atoms with Crippen molar-refractivity contribution in [2.45, 2.75) is 24.4 Å². The number of hydrogen-bond acceptors (Lipinski definition) is 3. The van der Waals surface area contributed by atoms with Gasteiger partial charge < -0.3 is 4.90 Å². The van der Waals surface area contributed by atoms with E-state index in [1.807, 2.05) is 0 Å². The van der Waals surface area contributed by atoms with E-state index >= 15 is 0 Å². The molecule has 0 amide bonds. The predicted molar refractivity (Wildman–Crippen MR) is 73.9 cm³/mol. The summed E-state index contributed by atoms with van der Waals surface area (Å²) in [5.41, 5.74) is -0.285. The molecule has 3 rings (SSSR count). The molecule has 1 saturated heterocycles. The normalized spacial score (nSPS) is 29.5. The second-order valence-corrected chi connectivity index (χ2v) is 6.22. The Morgan fingerprint density at radius 3 is 2.90 bits per heavy atom. The number of rotatable bonds is 4. The van der Waals surface area contributed by atoms with E-state index in [4.69, 9.17) is 0 Å². The quantitative estimate of drug-likeness (QED) is 0.861. The van der Waals surface area contributed by atoms with E-state index in [1.54, 1.807) is 6.07 Å². The molecule has 0 aromatic carbocycles. The average molecular weight is 302 g/mol. The van der Waals surface area contributed by atoms with Gasteiger partial charge in [-0.1, -0.05) is 6.07 Å². The molecule has 0 N–H and O–H groups in total. The van der Waals surface area contributed by atoms with Gasteiger partial charge in [-0.15, -0.1) is 0 Å². The van der Waals surface area contributed by atoms with Gasteiger partial charge in [-0.2, -0.15) is 25.8 Å². The van der Waals surface area contributed by atoms with Crippen LogP contribution in [0.2, 0.25) is 0 Å². The van der Waals surface area contributed by atoms with Crippen molar-refractivity contribution >= 4 is 12.6 Å². The summed E-state index contributed by atoms with van der Waals surface area (Å²) in [6.45, 7) is 2.78. The van der Waals surface area contributed by atoms with Crippen molar-refractivity contribution in [3.8, 4) is 0 Å². The molecule has 1 saturated carbocycles. The third-order valence-corrected chi connectivity index (χ3v) is 4.71. The Morgan fingerprint density at radius 1 is 1.40 bits per heavy atom. The number of aromatic nitrogens is 1. The molecule has 2 unspecified atom stereocenters. The fraction of sp³-hybridized carbons (Fsp3) is 0.643. The van der Waals surface area contributed by atoms with Crippen LogP contribution in [-0.4, -0.2) is 35.3 Å². The van der Waals surface area contributed by atoms with Gasteiger partial charge in [0.25, 0.3) is 0 Å². The van der Waals surface area contributed by atoms with E-state index < -0.39 is 11.9 Å². The maximum Gasteiger partial charge on any atom is 0.433 e. The van der Waals surface area contributed by atoms with Crippen molar-refractivity contribution in [3.05, 3.63) is 29.6 Å². The van der Waals surface area contributed by atoms with E-state index in [1.165, 1.54) is 6.07 Å². The van der Waals surface area contributed by atoms with Gasteiger partial charge in [-0.3, -0.25) is 0 Å². The second kappa shape index (κ2) is 4.91. The van der Waals surface area contributed by atoms with Crippen LogP contribution < -0.4 is 0 Å². The minimum Gasteiger partial charge on any atom is -0.302 e. The Balaban J connectivity index is 1.78. The number of likely N-dealkylation sites (tertiary alicyclic amines) is 1. The van der Waals surface area contributed by atoms with Gasteiger partial charge in [0, 0.05) is 24.2 Å². The molecule has 2 atom stereocenters. The molecule has 1 aromatic rings. The first kappa shape index (κ1) is 14.2. The first-order valence-corrected chi connectivity index (χ1v) is 7.47. The van der Waals surface area contributed by atoms with Gasteiger partial charge in [0.15, 0.2) is 0 Å². The summed E-state index contributed by atoms with van der Waals surface area (Å²) in [4.78, 5) is 6.21. The summed E-state index contributed by atoms with van der Waals surface area (Å²) in [5, 5.41) is 0. The highest BCUT2D eigenvalue weighted by atomic mass is 32.1. The molecule has 0 radical (unpaired) electrons. The lowest BCUT2D eigenvalue weighted by atomic mass is 10.0. The molecular formula is C14H17F3N2S. The van der Waals surface area contributed by atoms with Crippen LogP contribution in [0.3, 0.4) is 0 Å². The van der Waals surface area contributed by atoms with Crippen molar-refractivity contribution in [3.63, 3.8) is 0 Å². The Kier molecular flexibility index (Phi) is 3.49. The Morgan fingerprint density at radius 2 is 2.20 bits per heavy atom. The first-order valence-electron chi connectivity index (χ1n) is 6.84. The molecular weight excluding hydrogens is 285 g/mol. The van der Waals surface area contributed by atoms with E-state index in [-0.39, 0.29) is 5.41 Å². The van der Waals surface area contributed by atoms with E-state index in [2.05, 4.69) is 22.5 Å². The number of halogens is 3. The molecule has 1 aromatic heterocycles. The summed E-state index contributed by atoms with van der Waals surface area (Å²) in [6, 6.07) is 4.27. The van der Waals surface area contributed by atoms with Crippen molar-refractivity contribution in [1.29, 1.82) is 0 Å². The highest BCUT2D eigenvalue weighted by Gasteiger charge is 2.61. The van der Waals surface area contributed by atoms with Gasteiger partial charge >= 0.3 is 6.18 Å². The summed E-state index contributed by atoms with van der Waals surface area (Å²) in [7, 11) is 0. The van der Waals surface area contributed by atoms with Gasteiger partial charge in [0.1, 0.15) is 5.69 Å². The topological polar surface area (TPSA) is 16.1 Å². The van der Waals surface area contributed by atoms with Crippen LogP contribution in [0.4, 0.5) is 13.2 Å². The fourth-order valence-corrected chi connectivity index (χ4v) is 3.46. The number of pyridine rings is 1. The molecule has 1 aliphatic carbocycles. The fourth-order valence-electron chi connectivity index (χ4n) is 3.32. The van der Waals surface area contributed by atoms with Gasteiger partial charge in [0.05, 0.1) is 0 Å². The van der Waals surface area contributed by atoms with E-state index in [9.17, 15) is 13.2 Å². The third kappa shape index (κ3) is 2.44. The van der Waals surface area contributed by atoms with Crippen LogP contribution in [0, 0.1) is 5.92 Å². The maximum absolute atomic E-state index is 12.8.